The average molecular weight is 443 g/mol. The maximum absolute atomic E-state index is 13.5. The second kappa shape index (κ2) is 8.89. The molecule has 32 heavy (non-hydrogen) atoms. The highest BCUT2D eigenvalue weighted by atomic mass is 19.3. The second-order valence-corrected chi connectivity index (χ2v) is 7.68. The molecule has 4 rings (SSSR count). The predicted molar refractivity (Wildman–Crippen MR) is 113 cm³/mol. The number of ether oxygens (including phenoxy) is 2. The maximum Gasteiger partial charge on any atom is 0.337 e. The molecular weight excluding hydrogens is 420 g/mol. The smallest absolute Gasteiger partial charge is 0.337 e. The molecule has 2 N–H and O–H groups in total. The van der Waals surface area contributed by atoms with Gasteiger partial charge in [0.15, 0.2) is 0 Å². The summed E-state index contributed by atoms with van der Waals surface area (Å²) < 4.78 is 38.4. The number of methoxy groups -OCH3 is 1. The van der Waals surface area contributed by atoms with Crippen molar-refractivity contribution in [3.8, 4) is 17.1 Å². The number of hydrogen-bond acceptors (Lipinski definition) is 7. The normalized spacial score (nSPS) is 13.8. The highest BCUT2D eigenvalue weighted by Crippen LogP contribution is 2.32. The Morgan fingerprint density at radius 2 is 2.03 bits per heavy atom. The maximum atomic E-state index is 13.5. The first-order valence-electron chi connectivity index (χ1n) is 10.2. The van der Waals surface area contributed by atoms with E-state index < -0.39 is 12.5 Å². The van der Waals surface area contributed by atoms with E-state index in [0.29, 0.717) is 38.5 Å². The van der Waals surface area contributed by atoms with Crippen LogP contribution >= 0.6 is 0 Å². The fourth-order valence-electron chi connectivity index (χ4n) is 3.54. The van der Waals surface area contributed by atoms with Crippen LogP contribution < -0.4 is 10.5 Å². The van der Waals surface area contributed by atoms with Gasteiger partial charge in [0.2, 0.25) is 5.95 Å². The van der Waals surface area contributed by atoms with Crippen LogP contribution in [0.2, 0.25) is 0 Å². The lowest BCUT2D eigenvalue weighted by atomic mass is 9.95. The molecule has 1 saturated carbocycles. The SMILES string of the molecule is COC(=O)c1ccc(OC2CCC2)c(Cc2cn(C(F)F)nc2-c2cc(C)nc(N)n2)c1. The fraction of sp³-hybridized carbons (Fsp3) is 0.364. The molecule has 8 nitrogen and oxygen atoms in total. The first-order valence-corrected chi connectivity index (χ1v) is 10.2. The highest BCUT2D eigenvalue weighted by Gasteiger charge is 2.23. The molecule has 2 aromatic heterocycles. The molecule has 1 aromatic carbocycles. The van der Waals surface area contributed by atoms with Gasteiger partial charge in [0.1, 0.15) is 11.4 Å². The summed E-state index contributed by atoms with van der Waals surface area (Å²) in [7, 11) is 1.30. The van der Waals surface area contributed by atoms with Gasteiger partial charge >= 0.3 is 12.5 Å². The summed E-state index contributed by atoms with van der Waals surface area (Å²) >= 11 is 0. The molecule has 0 atom stereocenters. The monoisotopic (exact) mass is 443 g/mol. The van der Waals surface area contributed by atoms with Gasteiger partial charge in [-0.1, -0.05) is 0 Å². The molecule has 0 spiro atoms. The van der Waals surface area contributed by atoms with Crippen molar-refractivity contribution in [2.45, 2.75) is 45.3 Å². The zero-order valence-electron chi connectivity index (χ0n) is 17.7. The van der Waals surface area contributed by atoms with Crippen molar-refractivity contribution in [3.05, 3.63) is 52.8 Å². The van der Waals surface area contributed by atoms with E-state index in [1.165, 1.54) is 13.3 Å². The molecule has 1 aliphatic rings. The standard InChI is InChI=1S/C22H23F2N5O3/c1-12-8-17(27-22(25)26-12)19-15(11-29(28-19)21(23)24)10-14-9-13(20(30)31-2)6-7-18(14)32-16-4-3-5-16/h6-9,11,16,21H,3-5,10H2,1-2H3,(H2,25,26,27). The first-order chi connectivity index (χ1) is 15.3. The Morgan fingerprint density at radius 1 is 1.25 bits per heavy atom. The van der Waals surface area contributed by atoms with Crippen LogP contribution in [0.3, 0.4) is 0 Å². The van der Waals surface area contributed by atoms with Crippen molar-refractivity contribution in [2.75, 3.05) is 12.8 Å². The Balaban J connectivity index is 1.77. The molecule has 3 aromatic rings. The van der Waals surface area contributed by atoms with Crippen LogP contribution in [0.4, 0.5) is 14.7 Å². The zero-order valence-corrected chi connectivity index (χ0v) is 17.7. The Morgan fingerprint density at radius 3 is 2.66 bits per heavy atom. The number of anilines is 1. The first kappa shape index (κ1) is 21.7. The largest absolute Gasteiger partial charge is 0.490 e. The van der Waals surface area contributed by atoms with E-state index in [0.717, 1.165) is 19.3 Å². The molecule has 0 unspecified atom stereocenters. The zero-order chi connectivity index (χ0) is 22.8. The van der Waals surface area contributed by atoms with Crippen LogP contribution in [0, 0.1) is 6.92 Å². The number of nitrogen functional groups attached to an aromatic ring is 1. The van der Waals surface area contributed by atoms with Gasteiger partial charge in [-0.05, 0) is 56.0 Å². The van der Waals surface area contributed by atoms with Gasteiger partial charge in [0, 0.05) is 23.9 Å². The molecule has 0 amide bonds. The van der Waals surface area contributed by atoms with Gasteiger partial charge in [0.25, 0.3) is 0 Å². The molecule has 0 bridgehead atoms. The van der Waals surface area contributed by atoms with E-state index in [2.05, 4.69) is 15.1 Å². The number of nitrogens with zero attached hydrogens (tertiary/aromatic N) is 4. The topological polar surface area (TPSA) is 105 Å². The molecule has 168 valence electrons. The van der Waals surface area contributed by atoms with E-state index in [4.69, 9.17) is 15.2 Å². The van der Waals surface area contributed by atoms with E-state index >= 15 is 0 Å². The van der Waals surface area contributed by atoms with Gasteiger partial charge < -0.3 is 15.2 Å². The number of hydrogen-bond donors (Lipinski definition) is 1. The number of halogens is 2. The summed E-state index contributed by atoms with van der Waals surface area (Å²) in [6, 6.07) is 6.63. The van der Waals surface area contributed by atoms with Gasteiger partial charge in [-0.25, -0.2) is 19.4 Å². The Labute approximate surface area is 183 Å². The van der Waals surface area contributed by atoms with Crippen molar-refractivity contribution in [1.29, 1.82) is 0 Å². The average Bonchev–Trinajstić information content (AvgIpc) is 3.14. The van der Waals surface area contributed by atoms with Crippen molar-refractivity contribution in [2.24, 2.45) is 0 Å². The summed E-state index contributed by atoms with van der Waals surface area (Å²) in [5.41, 5.74) is 8.45. The van der Waals surface area contributed by atoms with Crippen molar-refractivity contribution >= 4 is 11.9 Å². The molecule has 10 heteroatoms. The van der Waals surface area contributed by atoms with Crippen LogP contribution in [0.5, 0.6) is 5.75 Å². The third-order valence-corrected chi connectivity index (χ3v) is 5.33. The van der Waals surface area contributed by atoms with Crippen molar-refractivity contribution in [3.63, 3.8) is 0 Å². The number of nitrogens with two attached hydrogens (primary N) is 1. The number of aromatic nitrogens is 4. The lowest BCUT2D eigenvalue weighted by Crippen LogP contribution is -2.25. The number of aryl methyl sites for hydroxylation is 1. The van der Waals surface area contributed by atoms with Crippen LogP contribution in [0.25, 0.3) is 11.4 Å². The van der Waals surface area contributed by atoms with E-state index in [-0.39, 0.29) is 24.2 Å². The second-order valence-electron chi connectivity index (χ2n) is 7.68. The predicted octanol–water partition coefficient (Wildman–Crippen LogP) is 3.93. The molecular formula is C22H23F2N5O3. The number of alkyl halides is 2. The lowest BCUT2D eigenvalue weighted by Gasteiger charge is -2.27. The van der Waals surface area contributed by atoms with Crippen LogP contribution in [0.15, 0.2) is 30.5 Å². The van der Waals surface area contributed by atoms with E-state index in [9.17, 15) is 13.6 Å². The number of esters is 1. The van der Waals surface area contributed by atoms with E-state index in [1.54, 1.807) is 31.2 Å². The molecule has 1 aliphatic carbocycles. The Bertz CT molecular complexity index is 1120. The Kier molecular flexibility index (Phi) is 6.02. The molecule has 2 heterocycles. The summed E-state index contributed by atoms with van der Waals surface area (Å²) in [5, 5.41) is 4.04. The summed E-state index contributed by atoms with van der Waals surface area (Å²) in [6.07, 6.45) is 4.56. The minimum absolute atomic E-state index is 0.0271. The van der Waals surface area contributed by atoms with Gasteiger partial charge in [-0.2, -0.15) is 13.9 Å². The molecule has 1 fully saturated rings. The van der Waals surface area contributed by atoms with Gasteiger partial charge in [-0.3, -0.25) is 0 Å². The number of carbonyl (C=O) groups excluding carboxylic acids is 1. The summed E-state index contributed by atoms with van der Waals surface area (Å²) in [5.74, 6) is 0.125. The lowest BCUT2D eigenvalue weighted by molar-refractivity contribution is 0.0566. The quantitative estimate of drug-likeness (QED) is 0.552. The third kappa shape index (κ3) is 4.53. The van der Waals surface area contributed by atoms with E-state index in [1.807, 2.05) is 0 Å². The van der Waals surface area contributed by atoms with Crippen molar-refractivity contribution in [1.82, 2.24) is 19.7 Å². The van der Waals surface area contributed by atoms with Crippen LogP contribution in [0.1, 0.15) is 53.0 Å². The number of benzene rings is 1. The Hall–Kier alpha value is -3.56. The number of carbonyl (C=O) groups is 1. The fourth-order valence-corrected chi connectivity index (χ4v) is 3.54. The summed E-state index contributed by atoms with van der Waals surface area (Å²) in [6.45, 7) is -1.09. The molecule has 0 radical (unpaired) electrons. The number of rotatable bonds is 7. The van der Waals surface area contributed by atoms with Gasteiger partial charge in [0.05, 0.1) is 24.5 Å². The highest BCUT2D eigenvalue weighted by molar-refractivity contribution is 5.89. The van der Waals surface area contributed by atoms with Crippen LogP contribution in [-0.4, -0.2) is 38.9 Å². The third-order valence-electron chi connectivity index (χ3n) is 5.33. The molecule has 0 saturated heterocycles. The summed E-state index contributed by atoms with van der Waals surface area (Å²) in [4.78, 5) is 20.3. The molecule has 0 aliphatic heterocycles. The van der Waals surface area contributed by atoms with Gasteiger partial charge in [-0.15, -0.1) is 0 Å². The van der Waals surface area contributed by atoms with Crippen LogP contribution in [-0.2, 0) is 11.2 Å². The minimum atomic E-state index is -2.82. The van der Waals surface area contributed by atoms with Crippen molar-refractivity contribution < 1.29 is 23.0 Å². The minimum Gasteiger partial charge on any atom is -0.490 e.